The topological polar surface area (TPSA) is 56.1 Å². The Bertz CT molecular complexity index is 933. The van der Waals surface area contributed by atoms with Crippen molar-refractivity contribution in [1.29, 1.82) is 0 Å². The molecule has 1 N–H and O–H groups in total. The Kier molecular flexibility index (Phi) is 4.16. The molecule has 0 bridgehead atoms. The van der Waals surface area contributed by atoms with Crippen LogP contribution < -0.4 is 10.1 Å². The zero-order valence-electron chi connectivity index (χ0n) is 14.3. The summed E-state index contributed by atoms with van der Waals surface area (Å²) in [5, 5.41) is 7.31. The van der Waals surface area contributed by atoms with Gasteiger partial charge in [-0.25, -0.2) is 9.07 Å². The molecule has 1 amide bonds. The second-order valence-corrected chi connectivity index (χ2v) is 6.14. The minimum absolute atomic E-state index is 0.0692. The number of rotatable bonds is 4. The first-order valence-corrected chi connectivity index (χ1v) is 8.52. The second-order valence-electron chi connectivity index (χ2n) is 6.14. The summed E-state index contributed by atoms with van der Waals surface area (Å²) < 4.78 is 20.3. The van der Waals surface area contributed by atoms with Crippen molar-refractivity contribution in [3.63, 3.8) is 0 Å². The van der Waals surface area contributed by atoms with Gasteiger partial charge in [-0.2, -0.15) is 5.10 Å². The minimum atomic E-state index is -0.314. The smallest absolute Gasteiger partial charge is 0.226 e. The fourth-order valence-corrected chi connectivity index (χ4v) is 3.26. The number of amides is 1. The number of nitrogens with one attached hydrogen (secondary N) is 1. The van der Waals surface area contributed by atoms with E-state index in [-0.39, 0.29) is 17.6 Å². The highest BCUT2D eigenvalue weighted by Crippen LogP contribution is 2.38. The molecule has 0 unspecified atom stereocenters. The van der Waals surface area contributed by atoms with E-state index in [4.69, 9.17) is 4.74 Å². The van der Waals surface area contributed by atoms with Crippen LogP contribution in [0.5, 0.6) is 5.75 Å². The number of nitrogens with zero attached hydrogens (tertiary/aromatic N) is 2. The fraction of sp³-hybridized carbons (Fsp3) is 0.200. The molecular weight excluding hydrogens is 333 g/mol. The van der Waals surface area contributed by atoms with Crippen molar-refractivity contribution >= 4 is 11.7 Å². The molecule has 4 rings (SSSR count). The molecule has 1 aliphatic heterocycles. The maximum absolute atomic E-state index is 13.2. The summed E-state index contributed by atoms with van der Waals surface area (Å²) in [5.74, 6) is 0.973. The van der Waals surface area contributed by atoms with Crippen LogP contribution in [-0.2, 0) is 4.79 Å². The van der Waals surface area contributed by atoms with Crippen molar-refractivity contribution in [2.24, 2.45) is 0 Å². The first-order valence-electron chi connectivity index (χ1n) is 8.52. The number of fused-ring (bicyclic) bond motifs is 1. The van der Waals surface area contributed by atoms with Gasteiger partial charge in [0, 0.05) is 17.9 Å². The lowest BCUT2D eigenvalue weighted by Crippen LogP contribution is -2.24. The van der Waals surface area contributed by atoms with E-state index < -0.39 is 0 Å². The SMILES string of the molecule is CCOc1ccc([C@H]2CC(=O)Nc3c2cnn3-c2ccc(F)cc2)cc1. The number of hydrogen-bond donors (Lipinski definition) is 1. The molecule has 0 saturated heterocycles. The zero-order valence-corrected chi connectivity index (χ0v) is 14.3. The van der Waals surface area contributed by atoms with E-state index in [2.05, 4.69) is 10.4 Å². The Morgan fingerprint density at radius 3 is 2.62 bits per heavy atom. The number of hydrogen-bond acceptors (Lipinski definition) is 3. The monoisotopic (exact) mass is 351 g/mol. The van der Waals surface area contributed by atoms with Gasteiger partial charge in [0.1, 0.15) is 17.4 Å². The van der Waals surface area contributed by atoms with E-state index in [1.807, 2.05) is 31.2 Å². The first kappa shape index (κ1) is 16.3. The number of benzene rings is 2. The predicted molar refractivity (Wildman–Crippen MR) is 96.2 cm³/mol. The molecule has 2 aromatic carbocycles. The third-order valence-corrected chi connectivity index (χ3v) is 4.48. The lowest BCUT2D eigenvalue weighted by atomic mass is 9.87. The Hall–Kier alpha value is -3.15. The average Bonchev–Trinajstić information content (AvgIpc) is 3.06. The van der Waals surface area contributed by atoms with Gasteiger partial charge in [-0.1, -0.05) is 12.1 Å². The maximum atomic E-state index is 13.2. The van der Waals surface area contributed by atoms with E-state index in [1.54, 1.807) is 23.0 Å². The van der Waals surface area contributed by atoms with Gasteiger partial charge < -0.3 is 10.1 Å². The predicted octanol–water partition coefficient (Wildman–Crippen LogP) is 3.88. The molecule has 0 aliphatic carbocycles. The quantitative estimate of drug-likeness (QED) is 0.776. The van der Waals surface area contributed by atoms with E-state index in [1.165, 1.54) is 12.1 Å². The Balaban J connectivity index is 1.72. The van der Waals surface area contributed by atoms with E-state index in [9.17, 15) is 9.18 Å². The van der Waals surface area contributed by atoms with E-state index in [0.717, 1.165) is 16.9 Å². The van der Waals surface area contributed by atoms with E-state index in [0.29, 0.717) is 24.5 Å². The van der Waals surface area contributed by atoms with Crippen LogP contribution in [0.25, 0.3) is 5.69 Å². The van der Waals surface area contributed by atoms with Crippen LogP contribution in [0.1, 0.15) is 30.4 Å². The van der Waals surface area contributed by atoms with Crippen LogP contribution in [0.3, 0.4) is 0 Å². The molecular formula is C20H18FN3O2. The molecule has 2 heterocycles. The number of carbonyl (C=O) groups excluding carboxylic acids is 1. The van der Waals surface area contributed by atoms with Gasteiger partial charge in [0.15, 0.2) is 0 Å². The highest BCUT2D eigenvalue weighted by atomic mass is 19.1. The lowest BCUT2D eigenvalue weighted by Gasteiger charge is -2.24. The molecule has 1 aliphatic rings. The van der Waals surface area contributed by atoms with Crippen molar-refractivity contribution in [2.45, 2.75) is 19.3 Å². The molecule has 6 heteroatoms. The highest BCUT2D eigenvalue weighted by Gasteiger charge is 2.30. The molecule has 5 nitrogen and oxygen atoms in total. The van der Waals surface area contributed by atoms with Crippen molar-refractivity contribution in [2.75, 3.05) is 11.9 Å². The third-order valence-electron chi connectivity index (χ3n) is 4.48. The van der Waals surface area contributed by atoms with Crippen molar-refractivity contribution < 1.29 is 13.9 Å². The first-order chi connectivity index (χ1) is 12.7. The van der Waals surface area contributed by atoms with Crippen LogP contribution in [0.4, 0.5) is 10.2 Å². The molecule has 0 fully saturated rings. The molecule has 3 aromatic rings. The lowest BCUT2D eigenvalue weighted by molar-refractivity contribution is -0.116. The molecule has 1 atom stereocenters. The molecule has 0 radical (unpaired) electrons. The number of anilines is 1. The number of halogens is 1. The molecule has 132 valence electrons. The molecule has 26 heavy (non-hydrogen) atoms. The maximum Gasteiger partial charge on any atom is 0.226 e. The van der Waals surface area contributed by atoms with Gasteiger partial charge >= 0.3 is 0 Å². The highest BCUT2D eigenvalue weighted by molar-refractivity contribution is 5.94. The molecule has 0 spiro atoms. The van der Waals surface area contributed by atoms with Gasteiger partial charge in [-0.15, -0.1) is 0 Å². The third kappa shape index (κ3) is 2.94. The number of aromatic nitrogens is 2. The van der Waals surface area contributed by atoms with Crippen LogP contribution in [-0.4, -0.2) is 22.3 Å². The van der Waals surface area contributed by atoms with Gasteiger partial charge in [0.05, 0.1) is 18.5 Å². The van der Waals surface area contributed by atoms with Crippen LogP contribution in [0.15, 0.2) is 54.7 Å². The minimum Gasteiger partial charge on any atom is -0.494 e. The van der Waals surface area contributed by atoms with Gasteiger partial charge in [0.25, 0.3) is 0 Å². The van der Waals surface area contributed by atoms with Crippen molar-refractivity contribution in [3.8, 4) is 11.4 Å². The number of carbonyl (C=O) groups is 1. The summed E-state index contributed by atoms with van der Waals surface area (Å²) in [6, 6.07) is 13.8. The van der Waals surface area contributed by atoms with Gasteiger partial charge in [-0.3, -0.25) is 4.79 Å². The standard InChI is InChI=1S/C20H18FN3O2/c1-2-26-16-9-3-13(4-10-16)17-11-19(25)23-20-18(17)12-22-24(20)15-7-5-14(21)6-8-15/h3-10,12,17H,2,11H2,1H3,(H,23,25)/t17-/m1/s1. The second kappa shape index (κ2) is 6.63. The summed E-state index contributed by atoms with van der Waals surface area (Å²) in [7, 11) is 0. The van der Waals surface area contributed by atoms with Crippen LogP contribution >= 0.6 is 0 Å². The van der Waals surface area contributed by atoms with Crippen LogP contribution in [0, 0.1) is 5.82 Å². The number of ether oxygens (including phenoxy) is 1. The molecule has 1 aromatic heterocycles. The zero-order chi connectivity index (χ0) is 18.1. The van der Waals surface area contributed by atoms with Gasteiger partial charge in [-0.05, 0) is 48.9 Å². The van der Waals surface area contributed by atoms with Crippen molar-refractivity contribution in [3.05, 3.63) is 71.7 Å². The Morgan fingerprint density at radius 2 is 1.92 bits per heavy atom. The van der Waals surface area contributed by atoms with Crippen molar-refractivity contribution in [1.82, 2.24) is 9.78 Å². The van der Waals surface area contributed by atoms with Gasteiger partial charge in [0.2, 0.25) is 5.91 Å². The summed E-state index contributed by atoms with van der Waals surface area (Å²) in [5.41, 5.74) is 2.67. The fourth-order valence-electron chi connectivity index (χ4n) is 3.26. The Labute approximate surface area is 150 Å². The summed E-state index contributed by atoms with van der Waals surface area (Å²) in [6.45, 7) is 2.55. The summed E-state index contributed by atoms with van der Waals surface area (Å²) in [4.78, 5) is 12.3. The van der Waals surface area contributed by atoms with E-state index >= 15 is 0 Å². The largest absolute Gasteiger partial charge is 0.494 e. The summed E-state index contributed by atoms with van der Waals surface area (Å²) >= 11 is 0. The summed E-state index contributed by atoms with van der Waals surface area (Å²) in [6.07, 6.45) is 2.12. The normalized spacial score (nSPS) is 16.1. The Morgan fingerprint density at radius 1 is 1.19 bits per heavy atom. The van der Waals surface area contributed by atoms with Crippen LogP contribution in [0.2, 0.25) is 0 Å². The molecule has 0 saturated carbocycles. The average molecular weight is 351 g/mol.